The second kappa shape index (κ2) is 6.97. The topological polar surface area (TPSA) is 64.4 Å². The zero-order chi connectivity index (χ0) is 17.1. The Hall–Kier alpha value is -2.47. The molecule has 2 heterocycles. The van der Waals surface area contributed by atoms with E-state index in [0.717, 1.165) is 5.56 Å². The molecule has 6 nitrogen and oxygen atoms in total. The van der Waals surface area contributed by atoms with Crippen LogP contribution in [-0.2, 0) is 11.3 Å². The minimum Gasteiger partial charge on any atom is -0.372 e. The molecule has 1 amide bonds. The number of aromatic nitrogens is 2. The highest BCUT2D eigenvalue weighted by Crippen LogP contribution is 2.13. The molecule has 2 atom stereocenters. The van der Waals surface area contributed by atoms with Gasteiger partial charge in [-0.3, -0.25) is 9.59 Å². The van der Waals surface area contributed by atoms with E-state index in [1.807, 2.05) is 44.2 Å². The average molecular weight is 327 g/mol. The van der Waals surface area contributed by atoms with Crippen molar-refractivity contribution in [2.75, 3.05) is 13.1 Å². The molecule has 1 saturated heterocycles. The van der Waals surface area contributed by atoms with Gasteiger partial charge in [-0.2, -0.15) is 5.10 Å². The van der Waals surface area contributed by atoms with E-state index in [0.29, 0.717) is 19.6 Å². The molecule has 0 aliphatic carbocycles. The Kier molecular flexibility index (Phi) is 4.76. The molecule has 0 bridgehead atoms. The van der Waals surface area contributed by atoms with E-state index in [9.17, 15) is 9.59 Å². The van der Waals surface area contributed by atoms with Crippen LogP contribution in [0.2, 0.25) is 0 Å². The summed E-state index contributed by atoms with van der Waals surface area (Å²) in [6.45, 7) is 5.29. The predicted molar refractivity (Wildman–Crippen MR) is 90.0 cm³/mol. The molecule has 0 radical (unpaired) electrons. The van der Waals surface area contributed by atoms with Gasteiger partial charge in [-0.15, -0.1) is 0 Å². The molecular formula is C18H21N3O3. The summed E-state index contributed by atoms with van der Waals surface area (Å²) < 4.78 is 6.98. The van der Waals surface area contributed by atoms with E-state index in [1.54, 1.807) is 4.90 Å². The summed E-state index contributed by atoms with van der Waals surface area (Å²) in [6.07, 6.45) is -0.0131. The molecule has 1 aromatic heterocycles. The van der Waals surface area contributed by atoms with E-state index in [-0.39, 0.29) is 29.4 Å². The van der Waals surface area contributed by atoms with Crippen molar-refractivity contribution in [1.29, 1.82) is 0 Å². The zero-order valence-electron chi connectivity index (χ0n) is 13.9. The molecule has 6 heteroatoms. The largest absolute Gasteiger partial charge is 0.372 e. The second-order valence-electron chi connectivity index (χ2n) is 6.17. The third kappa shape index (κ3) is 3.71. The van der Waals surface area contributed by atoms with Crippen molar-refractivity contribution >= 4 is 5.91 Å². The lowest BCUT2D eigenvalue weighted by Gasteiger charge is -2.35. The fraction of sp³-hybridized carbons (Fsp3) is 0.389. The summed E-state index contributed by atoms with van der Waals surface area (Å²) >= 11 is 0. The lowest BCUT2D eigenvalue weighted by atomic mass is 10.2. The van der Waals surface area contributed by atoms with Crippen LogP contribution < -0.4 is 5.56 Å². The number of carbonyl (C=O) groups excluding carboxylic acids is 1. The van der Waals surface area contributed by atoms with Crippen molar-refractivity contribution in [2.24, 2.45) is 0 Å². The van der Waals surface area contributed by atoms with Gasteiger partial charge in [-0.25, -0.2) is 4.68 Å². The number of morpholine rings is 1. The maximum Gasteiger partial charge on any atom is 0.274 e. The van der Waals surface area contributed by atoms with Crippen molar-refractivity contribution in [2.45, 2.75) is 32.6 Å². The van der Waals surface area contributed by atoms with Gasteiger partial charge in [0.2, 0.25) is 0 Å². The molecule has 1 aromatic carbocycles. The lowest BCUT2D eigenvalue weighted by Crippen LogP contribution is -2.48. The van der Waals surface area contributed by atoms with Crippen LogP contribution in [0.1, 0.15) is 29.9 Å². The quantitative estimate of drug-likeness (QED) is 0.858. The number of hydrogen-bond acceptors (Lipinski definition) is 4. The third-order valence-electron chi connectivity index (χ3n) is 3.97. The molecule has 0 N–H and O–H groups in total. The summed E-state index contributed by atoms with van der Waals surface area (Å²) in [7, 11) is 0. The molecule has 1 aliphatic heterocycles. The Morgan fingerprint density at radius 3 is 2.46 bits per heavy atom. The Bertz CT molecular complexity index is 763. The van der Waals surface area contributed by atoms with Gasteiger partial charge in [0, 0.05) is 19.2 Å². The van der Waals surface area contributed by atoms with E-state index >= 15 is 0 Å². The number of ether oxygens (including phenoxy) is 1. The fourth-order valence-electron chi connectivity index (χ4n) is 2.94. The standard InChI is InChI=1S/C18H21N3O3/c1-13-10-20(11-14(2)24-13)18(23)16-8-9-17(22)21(19-16)12-15-6-4-3-5-7-15/h3-9,13-14H,10-12H2,1-2H3. The highest BCUT2D eigenvalue weighted by Gasteiger charge is 2.27. The van der Waals surface area contributed by atoms with Crippen LogP contribution in [0.5, 0.6) is 0 Å². The van der Waals surface area contributed by atoms with Crippen LogP contribution in [0.15, 0.2) is 47.3 Å². The Balaban J connectivity index is 1.82. The second-order valence-corrected chi connectivity index (χ2v) is 6.17. The first-order valence-corrected chi connectivity index (χ1v) is 8.10. The van der Waals surface area contributed by atoms with Crippen molar-refractivity contribution < 1.29 is 9.53 Å². The SMILES string of the molecule is CC1CN(C(=O)c2ccc(=O)n(Cc3ccccc3)n2)CC(C)O1. The lowest BCUT2D eigenvalue weighted by molar-refractivity contribution is -0.0587. The third-order valence-corrected chi connectivity index (χ3v) is 3.97. The van der Waals surface area contributed by atoms with Gasteiger partial charge in [0.05, 0.1) is 18.8 Å². The van der Waals surface area contributed by atoms with Crippen molar-refractivity contribution in [3.05, 3.63) is 64.1 Å². The van der Waals surface area contributed by atoms with Crippen LogP contribution in [-0.4, -0.2) is 45.9 Å². The number of benzene rings is 1. The van der Waals surface area contributed by atoms with Gasteiger partial charge in [-0.1, -0.05) is 30.3 Å². The molecular weight excluding hydrogens is 306 g/mol. The molecule has 1 aliphatic rings. The molecule has 3 rings (SSSR count). The van der Waals surface area contributed by atoms with Gasteiger partial charge in [0.1, 0.15) is 5.69 Å². The van der Waals surface area contributed by atoms with Crippen molar-refractivity contribution in [3.8, 4) is 0 Å². The van der Waals surface area contributed by atoms with Crippen LogP contribution in [0.25, 0.3) is 0 Å². The highest BCUT2D eigenvalue weighted by molar-refractivity contribution is 5.92. The van der Waals surface area contributed by atoms with Crippen LogP contribution in [0, 0.1) is 0 Å². The minimum absolute atomic E-state index is 0.00655. The van der Waals surface area contributed by atoms with Gasteiger partial charge in [-0.05, 0) is 25.5 Å². The van der Waals surface area contributed by atoms with Gasteiger partial charge in [0.15, 0.2) is 0 Å². The van der Waals surface area contributed by atoms with E-state index in [1.165, 1.54) is 16.8 Å². The summed E-state index contributed by atoms with van der Waals surface area (Å²) in [4.78, 5) is 26.5. The van der Waals surface area contributed by atoms with E-state index in [2.05, 4.69) is 5.10 Å². The van der Waals surface area contributed by atoms with Gasteiger partial charge < -0.3 is 9.64 Å². The number of carbonyl (C=O) groups is 1. The maximum absolute atomic E-state index is 12.7. The first-order chi connectivity index (χ1) is 11.5. The molecule has 126 valence electrons. The molecule has 0 saturated carbocycles. The number of amides is 1. The average Bonchev–Trinajstić information content (AvgIpc) is 2.56. The first kappa shape index (κ1) is 16.4. The summed E-state index contributed by atoms with van der Waals surface area (Å²) in [5.41, 5.74) is 1.02. The van der Waals surface area contributed by atoms with Crippen molar-refractivity contribution in [1.82, 2.24) is 14.7 Å². The van der Waals surface area contributed by atoms with Crippen LogP contribution >= 0.6 is 0 Å². The minimum atomic E-state index is -0.223. The highest BCUT2D eigenvalue weighted by atomic mass is 16.5. The number of hydrogen-bond donors (Lipinski definition) is 0. The number of nitrogens with zero attached hydrogens (tertiary/aromatic N) is 3. The Morgan fingerprint density at radius 1 is 1.12 bits per heavy atom. The van der Waals surface area contributed by atoms with Crippen molar-refractivity contribution in [3.63, 3.8) is 0 Å². The number of rotatable bonds is 3. The first-order valence-electron chi connectivity index (χ1n) is 8.10. The van der Waals surface area contributed by atoms with E-state index in [4.69, 9.17) is 4.74 Å². The summed E-state index contributed by atoms with van der Waals surface area (Å²) in [5, 5.41) is 4.26. The van der Waals surface area contributed by atoms with E-state index < -0.39 is 0 Å². The maximum atomic E-state index is 12.7. The fourth-order valence-corrected chi connectivity index (χ4v) is 2.94. The zero-order valence-corrected chi connectivity index (χ0v) is 13.9. The summed E-state index contributed by atoms with van der Waals surface area (Å²) in [5.74, 6) is -0.168. The van der Waals surface area contributed by atoms with Crippen LogP contribution in [0.4, 0.5) is 0 Å². The monoisotopic (exact) mass is 327 g/mol. The Labute approximate surface area is 140 Å². The summed E-state index contributed by atoms with van der Waals surface area (Å²) in [6, 6.07) is 12.5. The molecule has 0 spiro atoms. The molecule has 24 heavy (non-hydrogen) atoms. The van der Waals surface area contributed by atoms with Gasteiger partial charge in [0.25, 0.3) is 11.5 Å². The molecule has 1 fully saturated rings. The van der Waals surface area contributed by atoms with Crippen LogP contribution in [0.3, 0.4) is 0 Å². The molecule has 2 aromatic rings. The normalized spacial score (nSPS) is 20.8. The Morgan fingerprint density at radius 2 is 1.79 bits per heavy atom. The van der Waals surface area contributed by atoms with Gasteiger partial charge >= 0.3 is 0 Å². The predicted octanol–water partition coefficient (Wildman–Crippen LogP) is 1.54. The smallest absolute Gasteiger partial charge is 0.274 e. The molecule has 2 unspecified atom stereocenters.